The first-order valence-electron chi connectivity index (χ1n) is 9.18. The van der Waals surface area contributed by atoms with Crippen LogP contribution in [0.4, 0.5) is 0 Å². The molecule has 0 bridgehead atoms. The van der Waals surface area contributed by atoms with Crippen LogP contribution < -0.4 is 15.8 Å². The highest BCUT2D eigenvalue weighted by Crippen LogP contribution is 2.26. The molecule has 29 heavy (non-hydrogen) atoms. The molecule has 3 rings (SSSR count). The van der Waals surface area contributed by atoms with Gasteiger partial charge in [0.1, 0.15) is 5.75 Å². The Morgan fingerprint density at radius 3 is 2.62 bits per heavy atom. The highest BCUT2D eigenvalue weighted by Gasteiger charge is 2.28. The number of hydrogen-bond acceptors (Lipinski definition) is 6. The third kappa shape index (κ3) is 4.95. The number of nitrogens with one attached hydrogen (secondary N) is 1. The summed E-state index contributed by atoms with van der Waals surface area (Å²) >= 11 is 1.53. The SMILES string of the molecule is C[C@H](NC(=O)COc1ccc(S(=O)(=O)N2CCCC2)cc1C(N)=O)c1cccs1. The average Bonchev–Trinajstić information content (AvgIpc) is 3.40. The van der Waals surface area contributed by atoms with Gasteiger partial charge >= 0.3 is 0 Å². The van der Waals surface area contributed by atoms with E-state index in [9.17, 15) is 18.0 Å². The molecular formula is C19H23N3O5S2. The van der Waals surface area contributed by atoms with Gasteiger partial charge in [0, 0.05) is 18.0 Å². The molecule has 2 heterocycles. The van der Waals surface area contributed by atoms with Crippen molar-refractivity contribution in [3.05, 3.63) is 46.2 Å². The van der Waals surface area contributed by atoms with Crippen LogP contribution in [0.5, 0.6) is 5.75 Å². The summed E-state index contributed by atoms with van der Waals surface area (Å²) in [5.41, 5.74) is 5.33. The summed E-state index contributed by atoms with van der Waals surface area (Å²) in [5.74, 6) is -1.13. The van der Waals surface area contributed by atoms with Crippen LogP contribution in [-0.4, -0.2) is 44.2 Å². The number of nitrogens with two attached hydrogens (primary N) is 1. The quantitative estimate of drug-likeness (QED) is 0.654. The maximum atomic E-state index is 12.7. The van der Waals surface area contributed by atoms with Crippen molar-refractivity contribution in [1.82, 2.24) is 9.62 Å². The lowest BCUT2D eigenvalue weighted by Crippen LogP contribution is -2.31. The van der Waals surface area contributed by atoms with Crippen molar-refractivity contribution in [3.63, 3.8) is 0 Å². The van der Waals surface area contributed by atoms with Gasteiger partial charge in [0.2, 0.25) is 10.0 Å². The van der Waals surface area contributed by atoms with E-state index in [1.165, 1.54) is 33.8 Å². The van der Waals surface area contributed by atoms with E-state index in [1.807, 2.05) is 24.4 Å². The summed E-state index contributed by atoms with van der Waals surface area (Å²) in [6.45, 7) is 2.44. The largest absolute Gasteiger partial charge is 0.483 e. The number of sulfonamides is 1. The number of carbonyl (C=O) groups is 2. The number of thiophene rings is 1. The number of hydrogen-bond donors (Lipinski definition) is 2. The zero-order valence-corrected chi connectivity index (χ0v) is 17.6. The number of nitrogens with zero attached hydrogens (tertiary/aromatic N) is 1. The van der Waals surface area contributed by atoms with Crippen LogP contribution in [0.15, 0.2) is 40.6 Å². The van der Waals surface area contributed by atoms with Crippen LogP contribution in [-0.2, 0) is 14.8 Å². The lowest BCUT2D eigenvalue weighted by Gasteiger charge is -2.17. The van der Waals surface area contributed by atoms with Gasteiger partial charge in [-0.05, 0) is 49.4 Å². The van der Waals surface area contributed by atoms with E-state index in [0.29, 0.717) is 13.1 Å². The Morgan fingerprint density at radius 2 is 2.00 bits per heavy atom. The minimum Gasteiger partial charge on any atom is -0.483 e. The minimum atomic E-state index is -3.69. The Morgan fingerprint density at radius 1 is 1.28 bits per heavy atom. The molecule has 2 aromatic rings. The monoisotopic (exact) mass is 437 g/mol. The molecule has 1 aliphatic heterocycles. The maximum Gasteiger partial charge on any atom is 0.258 e. The lowest BCUT2D eigenvalue weighted by atomic mass is 10.2. The van der Waals surface area contributed by atoms with Gasteiger partial charge in [0.25, 0.3) is 11.8 Å². The Kier molecular flexibility index (Phi) is 6.56. The Hall–Kier alpha value is -2.43. The van der Waals surface area contributed by atoms with Crippen molar-refractivity contribution >= 4 is 33.2 Å². The standard InChI is InChI=1S/C19H23N3O5S2/c1-13(17-5-4-10-28-17)21-18(23)12-27-16-7-6-14(11-15(16)19(20)24)29(25,26)22-8-2-3-9-22/h4-7,10-11,13H,2-3,8-9,12H2,1H3,(H2,20,24)(H,21,23)/t13-/m0/s1. The molecule has 0 aliphatic carbocycles. The third-order valence-electron chi connectivity index (χ3n) is 4.63. The van der Waals surface area contributed by atoms with E-state index >= 15 is 0 Å². The van der Waals surface area contributed by atoms with Gasteiger partial charge in [-0.15, -0.1) is 11.3 Å². The number of benzene rings is 1. The molecular weight excluding hydrogens is 414 g/mol. The fraction of sp³-hybridized carbons (Fsp3) is 0.368. The summed E-state index contributed by atoms with van der Waals surface area (Å²) in [5, 5.41) is 4.72. The molecule has 8 nitrogen and oxygen atoms in total. The zero-order chi connectivity index (χ0) is 21.0. The van der Waals surface area contributed by atoms with Gasteiger partial charge < -0.3 is 15.8 Å². The molecule has 2 amide bonds. The van der Waals surface area contributed by atoms with Crippen molar-refractivity contribution < 1.29 is 22.7 Å². The molecule has 10 heteroatoms. The average molecular weight is 438 g/mol. The summed E-state index contributed by atoms with van der Waals surface area (Å²) in [4.78, 5) is 25.0. The molecule has 3 N–H and O–H groups in total. The number of primary amides is 1. The summed E-state index contributed by atoms with van der Waals surface area (Å²) < 4.78 is 32.2. The molecule has 0 radical (unpaired) electrons. The van der Waals surface area contributed by atoms with Crippen molar-refractivity contribution in [3.8, 4) is 5.75 Å². The van der Waals surface area contributed by atoms with E-state index < -0.39 is 15.9 Å². The van der Waals surface area contributed by atoms with Crippen molar-refractivity contribution in [1.29, 1.82) is 0 Å². The second-order valence-electron chi connectivity index (χ2n) is 6.73. The summed E-state index contributed by atoms with van der Waals surface area (Å²) in [7, 11) is -3.69. The molecule has 1 fully saturated rings. The Labute approximate surface area is 173 Å². The van der Waals surface area contributed by atoms with Crippen molar-refractivity contribution in [2.45, 2.75) is 30.7 Å². The summed E-state index contributed by atoms with van der Waals surface area (Å²) in [6.07, 6.45) is 1.62. The van der Waals surface area contributed by atoms with Crippen LogP contribution >= 0.6 is 11.3 Å². The number of ether oxygens (including phenoxy) is 1. The van der Waals surface area contributed by atoms with Gasteiger partial charge in [-0.1, -0.05) is 6.07 Å². The Bertz CT molecular complexity index is 983. The molecule has 156 valence electrons. The van der Waals surface area contributed by atoms with Gasteiger partial charge in [0.05, 0.1) is 16.5 Å². The van der Waals surface area contributed by atoms with E-state index in [1.54, 1.807) is 0 Å². The first-order valence-corrected chi connectivity index (χ1v) is 11.5. The van der Waals surface area contributed by atoms with Crippen molar-refractivity contribution in [2.24, 2.45) is 5.73 Å². The number of amides is 2. The van der Waals surface area contributed by atoms with Crippen LogP contribution in [0.2, 0.25) is 0 Å². The van der Waals surface area contributed by atoms with Crippen LogP contribution in [0.25, 0.3) is 0 Å². The predicted octanol–water partition coefficient (Wildman–Crippen LogP) is 1.89. The van der Waals surface area contributed by atoms with E-state index in [-0.39, 0.29) is 34.8 Å². The van der Waals surface area contributed by atoms with E-state index in [2.05, 4.69) is 5.32 Å². The van der Waals surface area contributed by atoms with Gasteiger partial charge in [0.15, 0.2) is 6.61 Å². The number of carbonyl (C=O) groups excluding carboxylic acids is 2. The molecule has 1 aromatic carbocycles. The Balaban J connectivity index is 1.70. The fourth-order valence-corrected chi connectivity index (χ4v) is 5.38. The van der Waals surface area contributed by atoms with Crippen LogP contribution in [0.1, 0.15) is 41.0 Å². The van der Waals surface area contributed by atoms with E-state index in [4.69, 9.17) is 10.5 Å². The van der Waals surface area contributed by atoms with E-state index in [0.717, 1.165) is 17.7 Å². The fourth-order valence-electron chi connectivity index (χ4n) is 3.10. The number of rotatable bonds is 8. The third-order valence-corrected chi connectivity index (χ3v) is 7.58. The van der Waals surface area contributed by atoms with Crippen LogP contribution in [0, 0.1) is 0 Å². The smallest absolute Gasteiger partial charge is 0.258 e. The normalized spacial score (nSPS) is 15.8. The molecule has 0 spiro atoms. The minimum absolute atomic E-state index is 0.0173. The topological polar surface area (TPSA) is 119 Å². The molecule has 1 atom stereocenters. The first kappa shape index (κ1) is 21.3. The lowest BCUT2D eigenvalue weighted by molar-refractivity contribution is -0.123. The molecule has 0 unspecified atom stereocenters. The van der Waals surface area contributed by atoms with Gasteiger partial charge in [-0.2, -0.15) is 4.31 Å². The second-order valence-corrected chi connectivity index (χ2v) is 9.64. The first-order chi connectivity index (χ1) is 13.8. The summed E-state index contributed by atoms with van der Waals surface area (Å²) in [6, 6.07) is 7.57. The second kappa shape index (κ2) is 8.93. The predicted molar refractivity (Wildman–Crippen MR) is 109 cm³/mol. The zero-order valence-electron chi connectivity index (χ0n) is 16.0. The van der Waals surface area contributed by atoms with Gasteiger partial charge in [-0.25, -0.2) is 8.42 Å². The maximum absolute atomic E-state index is 12.7. The highest BCUT2D eigenvalue weighted by molar-refractivity contribution is 7.89. The molecule has 1 aliphatic rings. The molecule has 1 aromatic heterocycles. The van der Waals surface area contributed by atoms with Crippen LogP contribution in [0.3, 0.4) is 0 Å². The highest BCUT2D eigenvalue weighted by atomic mass is 32.2. The molecule has 1 saturated heterocycles. The van der Waals surface area contributed by atoms with Gasteiger partial charge in [-0.3, -0.25) is 9.59 Å². The van der Waals surface area contributed by atoms with Crippen molar-refractivity contribution in [2.75, 3.05) is 19.7 Å². The molecule has 0 saturated carbocycles.